The maximum Gasteiger partial charge on any atom is 0.270 e. The van der Waals surface area contributed by atoms with Gasteiger partial charge in [0.05, 0.1) is 0 Å². The second kappa shape index (κ2) is 5.29. The number of pyridine rings is 1. The fourth-order valence-electron chi connectivity index (χ4n) is 2.01. The van der Waals surface area contributed by atoms with Crippen LogP contribution in [-0.2, 0) is 5.92 Å². The van der Waals surface area contributed by atoms with E-state index >= 15 is 0 Å². The highest BCUT2D eigenvalue weighted by molar-refractivity contribution is 5.56. The molecule has 112 valence electrons. The summed E-state index contributed by atoms with van der Waals surface area (Å²) < 4.78 is 31.9. The van der Waals surface area contributed by atoms with Gasteiger partial charge in [0.1, 0.15) is 5.69 Å². The zero-order valence-corrected chi connectivity index (χ0v) is 12.0. The third kappa shape index (κ3) is 2.86. The zero-order chi connectivity index (χ0) is 15.7. The van der Waals surface area contributed by atoms with Crippen molar-refractivity contribution in [2.75, 3.05) is 0 Å². The Balaban J connectivity index is 1.91. The number of halogens is 2. The standard InChI is InChI=1S/C16H13F2N3O/c1-10-4-3-5-13(19-10)15-21-20-14(22-15)11-6-8-12(9-7-11)16(2,17)18/h3-9H,1-2H3. The van der Waals surface area contributed by atoms with E-state index in [0.717, 1.165) is 12.6 Å². The number of aromatic nitrogens is 3. The Labute approximate surface area is 125 Å². The summed E-state index contributed by atoms with van der Waals surface area (Å²) in [6.07, 6.45) is 0. The van der Waals surface area contributed by atoms with Gasteiger partial charge >= 0.3 is 0 Å². The molecule has 0 saturated heterocycles. The van der Waals surface area contributed by atoms with Crippen LogP contribution in [0.1, 0.15) is 18.2 Å². The van der Waals surface area contributed by atoms with E-state index in [9.17, 15) is 8.78 Å². The van der Waals surface area contributed by atoms with Gasteiger partial charge < -0.3 is 4.42 Å². The third-order valence-corrected chi connectivity index (χ3v) is 3.17. The zero-order valence-electron chi connectivity index (χ0n) is 12.0. The van der Waals surface area contributed by atoms with Gasteiger partial charge in [0, 0.05) is 23.7 Å². The molecule has 0 N–H and O–H groups in total. The van der Waals surface area contributed by atoms with Crippen LogP contribution < -0.4 is 0 Å². The number of aryl methyl sites for hydroxylation is 1. The molecule has 2 aromatic heterocycles. The summed E-state index contributed by atoms with van der Waals surface area (Å²) in [6, 6.07) is 11.3. The van der Waals surface area contributed by atoms with Crippen molar-refractivity contribution in [2.45, 2.75) is 19.8 Å². The summed E-state index contributed by atoms with van der Waals surface area (Å²) in [5.74, 6) is -2.31. The van der Waals surface area contributed by atoms with Gasteiger partial charge in [-0.15, -0.1) is 10.2 Å². The molecule has 1 aromatic carbocycles. The smallest absolute Gasteiger partial charge is 0.270 e. The number of nitrogens with zero attached hydrogens (tertiary/aromatic N) is 3. The van der Waals surface area contributed by atoms with Gasteiger partial charge in [0.2, 0.25) is 5.89 Å². The second-order valence-electron chi connectivity index (χ2n) is 5.04. The van der Waals surface area contributed by atoms with E-state index in [-0.39, 0.29) is 11.5 Å². The molecule has 3 aromatic rings. The van der Waals surface area contributed by atoms with Crippen LogP contribution in [0.15, 0.2) is 46.9 Å². The number of rotatable bonds is 3. The lowest BCUT2D eigenvalue weighted by Gasteiger charge is -2.09. The maximum absolute atomic E-state index is 13.2. The van der Waals surface area contributed by atoms with Gasteiger partial charge in [0.15, 0.2) is 0 Å². The Morgan fingerprint density at radius 3 is 2.27 bits per heavy atom. The number of hydrogen-bond acceptors (Lipinski definition) is 4. The molecule has 22 heavy (non-hydrogen) atoms. The molecule has 3 rings (SSSR count). The summed E-state index contributed by atoms with van der Waals surface area (Å²) in [5.41, 5.74) is 1.94. The van der Waals surface area contributed by atoms with Crippen LogP contribution >= 0.6 is 0 Å². The molecule has 0 bridgehead atoms. The minimum absolute atomic E-state index is 0.0589. The predicted molar refractivity (Wildman–Crippen MR) is 77.3 cm³/mol. The Morgan fingerprint density at radius 1 is 0.955 bits per heavy atom. The highest BCUT2D eigenvalue weighted by Crippen LogP contribution is 2.29. The topological polar surface area (TPSA) is 51.8 Å². The van der Waals surface area contributed by atoms with Crippen molar-refractivity contribution in [2.24, 2.45) is 0 Å². The molecule has 0 atom stereocenters. The van der Waals surface area contributed by atoms with Crippen LogP contribution in [0, 0.1) is 6.92 Å². The molecule has 4 nitrogen and oxygen atoms in total. The Hall–Kier alpha value is -2.63. The van der Waals surface area contributed by atoms with Crippen molar-refractivity contribution in [1.82, 2.24) is 15.2 Å². The summed E-state index contributed by atoms with van der Waals surface area (Å²) in [4.78, 5) is 4.30. The Kier molecular flexibility index (Phi) is 3.44. The first-order valence-electron chi connectivity index (χ1n) is 6.70. The fourth-order valence-corrected chi connectivity index (χ4v) is 2.01. The second-order valence-corrected chi connectivity index (χ2v) is 5.04. The van der Waals surface area contributed by atoms with Gasteiger partial charge in [-0.05, 0) is 31.2 Å². The van der Waals surface area contributed by atoms with Crippen LogP contribution in [0.2, 0.25) is 0 Å². The number of alkyl halides is 2. The molecule has 0 amide bonds. The van der Waals surface area contributed by atoms with Gasteiger partial charge in [-0.25, -0.2) is 13.8 Å². The van der Waals surface area contributed by atoms with Crippen molar-refractivity contribution in [3.05, 3.63) is 53.7 Å². The first kappa shape index (κ1) is 14.3. The first-order valence-corrected chi connectivity index (χ1v) is 6.70. The lowest BCUT2D eigenvalue weighted by Crippen LogP contribution is -2.06. The number of benzene rings is 1. The SMILES string of the molecule is Cc1cccc(-c2nnc(-c3ccc(C(C)(F)F)cc3)o2)n1. The molecule has 0 radical (unpaired) electrons. The summed E-state index contributed by atoms with van der Waals surface area (Å²) >= 11 is 0. The van der Waals surface area contributed by atoms with Crippen LogP contribution in [0.25, 0.3) is 23.0 Å². The molecule has 0 aliphatic heterocycles. The fraction of sp³-hybridized carbons (Fsp3) is 0.188. The van der Waals surface area contributed by atoms with E-state index in [1.54, 1.807) is 6.07 Å². The van der Waals surface area contributed by atoms with Gasteiger partial charge in [-0.1, -0.05) is 18.2 Å². The summed E-state index contributed by atoms with van der Waals surface area (Å²) in [5, 5.41) is 7.89. The van der Waals surface area contributed by atoms with Crippen molar-refractivity contribution in [3.8, 4) is 23.0 Å². The molecule has 2 heterocycles. The predicted octanol–water partition coefficient (Wildman–Crippen LogP) is 4.22. The number of hydrogen-bond donors (Lipinski definition) is 0. The monoisotopic (exact) mass is 301 g/mol. The molecule has 6 heteroatoms. The highest BCUT2D eigenvalue weighted by Gasteiger charge is 2.24. The molecule has 0 aliphatic carbocycles. The molecule has 0 aliphatic rings. The van der Waals surface area contributed by atoms with E-state index in [4.69, 9.17) is 4.42 Å². The lowest BCUT2D eigenvalue weighted by atomic mass is 10.1. The average Bonchev–Trinajstić information content (AvgIpc) is 2.96. The molecule has 0 spiro atoms. The van der Waals surface area contributed by atoms with Crippen molar-refractivity contribution >= 4 is 0 Å². The Bertz CT molecular complexity index is 792. The lowest BCUT2D eigenvalue weighted by molar-refractivity contribution is 0.0175. The highest BCUT2D eigenvalue weighted by atomic mass is 19.3. The quantitative estimate of drug-likeness (QED) is 0.727. The van der Waals surface area contributed by atoms with Crippen molar-refractivity contribution in [3.63, 3.8) is 0 Å². The molecule has 0 fully saturated rings. The van der Waals surface area contributed by atoms with Crippen LogP contribution in [-0.4, -0.2) is 15.2 Å². The van der Waals surface area contributed by atoms with E-state index in [0.29, 0.717) is 17.1 Å². The molecule has 0 unspecified atom stereocenters. The average molecular weight is 301 g/mol. The third-order valence-electron chi connectivity index (χ3n) is 3.17. The molecular formula is C16H13F2N3O. The van der Waals surface area contributed by atoms with E-state index in [1.165, 1.54) is 24.3 Å². The van der Waals surface area contributed by atoms with Crippen molar-refractivity contribution in [1.29, 1.82) is 0 Å². The van der Waals surface area contributed by atoms with E-state index in [2.05, 4.69) is 15.2 Å². The summed E-state index contributed by atoms with van der Waals surface area (Å²) in [6.45, 7) is 2.72. The summed E-state index contributed by atoms with van der Waals surface area (Å²) in [7, 11) is 0. The minimum Gasteiger partial charge on any atom is -0.415 e. The maximum atomic E-state index is 13.2. The molecular weight excluding hydrogens is 288 g/mol. The van der Waals surface area contributed by atoms with Gasteiger partial charge in [-0.2, -0.15) is 0 Å². The van der Waals surface area contributed by atoms with E-state index in [1.807, 2.05) is 19.1 Å². The van der Waals surface area contributed by atoms with Crippen LogP contribution in [0.5, 0.6) is 0 Å². The Morgan fingerprint density at radius 2 is 1.64 bits per heavy atom. The van der Waals surface area contributed by atoms with Crippen LogP contribution in [0.4, 0.5) is 8.78 Å². The van der Waals surface area contributed by atoms with Crippen molar-refractivity contribution < 1.29 is 13.2 Å². The first-order chi connectivity index (χ1) is 10.4. The molecule has 0 saturated carbocycles. The van der Waals surface area contributed by atoms with Gasteiger partial charge in [0.25, 0.3) is 11.8 Å². The minimum atomic E-state index is -2.87. The van der Waals surface area contributed by atoms with E-state index < -0.39 is 5.92 Å². The largest absolute Gasteiger partial charge is 0.415 e. The van der Waals surface area contributed by atoms with Gasteiger partial charge in [-0.3, -0.25) is 0 Å². The normalized spacial score (nSPS) is 11.6. The van der Waals surface area contributed by atoms with Crippen LogP contribution in [0.3, 0.4) is 0 Å².